The van der Waals surface area contributed by atoms with Gasteiger partial charge in [-0.2, -0.15) is 0 Å². The SMILES string of the molecule is COc1cccc(C2c3[nH]c4ccccc4c3CC3C(=O)N(c4ccccc4C(=O)NC(CO)C(=O)O)C(=O)N32)c1. The van der Waals surface area contributed by atoms with Gasteiger partial charge in [0.15, 0.2) is 6.04 Å². The molecule has 3 heterocycles. The molecule has 208 valence electrons. The molecule has 4 amide bonds. The van der Waals surface area contributed by atoms with E-state index in [1.165, 1.54) is 17.0 Å². The Morgan fingerprint density at radius 1 is 1.07 bits per heavy atom. The smallest absolute Gasteiger partial charge is 0.332 e. The summed E-state index contributed by atoms with van der Waals surface area (Å²) >= 11 is 0. The van der Waals surface area contributed by atoms with Gasteiger partial charge in [0.05, 0.1) is 25.0 Å². The lowest BCUT2D eigenvalue weighted by Gasteiger charge is -2.36. The monoisotopic (exact) mass is 554 g/mol. The zero-order valence-corrected chi connectivity index (χ0v) is 21.9. The Kier molecular flexibility index (Phi) is 6.43. The van der Waals surface area contributed by atoms with Crippen LogP contribution in [0, 0.1) is 0 Å². The van der Waals surface area contributed by atoms with E-state index in [-0.39, 0.29) is 17.7 Å². The van der Waals surface area contributed by atoms with Crippen LogP contribution in [-0.2, 0) is 16.0 Å². The number of carboxylic acid groups (broad SMARTS) is 1. The number of hydrogen-bond donors (Lipinski definition) is 4. The molecule has 2 aliphatic heterocycles. The fourth-order valence-electron chi connectivity index (χ4n) is 5.74. The third-order valence-corrected chi connectivity index (χ3v) is 7.63. The van der Waals surface area contributed by atoms with Crippen molar-refractivity contribution in [2.45, 2.75) is 24.5 Å². The van der Waals surface area contributed by atoms with E-state index < -0.39 is 48.5 Å². The molecule has 2 aliphatic rings. The number of aliphatic hydroxyl groups is 1. The molecular weight excluding hydrogens is 528 g/mol. The number of para-hydroxylation sites is 2. The Bertz CT molecular complexity index is 1710. The summed E-state index contributed by atoms with van der Waals surface area (Å²) in [5.74, 6) is -2.17. The number of aliphatic hydroxyl groups excluding tert-OH is 1. The van der Waals surface area contributed by atoms with Crippen molar-refractivity contribution < 1.29 is 34.1 Å². The zero-order chi connectivity index (χ0) is 28.8. The fourth-order valence-corrected chi connectivity index (χ4v) is 5.74. The molecule has 0 radical (unpaired) electrons. The van der Waals surface area contributed by atoms with Gasteiger partial charge < -0.3 is 25.3 Å². The van der Waals surface area contributed by atoms with Gasteiger partial charge in [0.2, 0.25) is 0 Å². The number of fused-ring (bicyclic) bond motifs is 4. The second-order valence-electron chi connectivity index (χ2n) is 9.89. The number of methoxy groups -OCH3 is 1. The van der Waals surface area contributed by atoms with E-state index in [1.54, 1.807) is 25.3 Å². The molecule has 11 nitrogen and oxygen atoms in total. The van der Waals surface area contributed by atoms with Gasteiger partial charge >= 0.3 is 12.0 Å². The molecule has 4 aromatic rings. The van der Waals surface area contributed by atoms with Crippen LogP contribution in [-0.4, -0.2) is 69.7 Å². The van der Waals surface area contributed by atoms with Crippen LogP contribution >= 0.6 is 0 Å². The number of aliphatic carboxylic acids is 1. The molecule has 41 heavy (non-hydrogen) atoms. The number of nitrogens with zero attached hydrogens (tertiary/aromatic N) is 2. The minimum absolute atomic E-state index is 0.0226. The second kappa shape index (κ2) is 10.1. The summed E-state index contributed by atoms with van der Waals surface area (Å²) in [5, 5.41) is 21.9. The van der Waals surface area contributed by atoms with Crippen molar-refractivity contribution >= 4 is 40.4 Å². The first-order chi connectivity index (χ1) is 19.8. The molecule has 0 saturated carbocycles. The summed E-state index contributed by atoms with van der Waals surface area (Å²) in [6.07, 6.45) is 0.265. The van der Waals surface area contributed by atoms with Crippen LogP contribution in [0.15, 0.2) is 72.8 Å². The largest absolute Gasteiger partial charge is 0.497 e. The van der Waals surface area contributed by atoms with E-state index in [0.717, 1.165) is 32.6 Å². The lowest BCUT2D eigenvalue weighted by Crippen LogP contribution is -2.44. The Morgan fingerprint density at radius 3 is 2.59 bits per heavy atom. The molecule has 11 heteroatoms. The molecule has 3 unspecified atom stereocenters. The Hall–Kier alpha value is -5.16. The van der Waals surface area contributed by atoms with Crippen LogP contribution in [0.3, 0.4) is 0 Å². The van der Waals surface area contributed by atoms with E-state index in [9.17, 15) is 29.4 Å². The lowest BCUT2D eigenvalue weighted by molar-refractivity contribution is -0.140. The van der Waals surface area contributed by atoms with Crippen LogP contribution in [0.25, 0.3) is 10.9 Å². The van der Waals surface area contributed by atoms with Gasteiger partial charge in [-0.05, 0) is 41.5 Å². The third kappa shape index (κ3) is 4.18. The first kappa shape index (κ1) is 26.1. The van der Waals surface area contributed by atoms with Crippen molar-refractivity contribution in [2.24, 2.45) is 0 Å². The quantitative estimate of drug-likeness (QED) is 0.256. The van der Waals surface area contributed by atoms with Gasteiger partial charge in [-0.15, -0.1) is 0 Å². The first-order valence-electron chi connectivity index (χ1n) is 13.0. The van der Waals surface area contributed by atoms with Crippen LogP contribution in [0.4, 0.5) is 10.5 Å². The van der Waals surface area contributed by atoms with Gasteiger partial charge in [0, 0.05) is 23.0 Å². The number of benzene rings is 3. The standard InChI is InChI=1S/C30H26N4O7/c1-41-17-8-6-7-16(13-17)26-25-20(18-9-2-4-11-21(18)31-25)14-24-28(37)34(30(40)33(24)26)23-12-5-3-10-19(23)27(36)32-22(15-35)29(38)39/h2-13,22,24,26,31,35H,14-15H2,1H3,(H,32,36)(H,38,39). The van der Waals surface area contributed by atoms with Crippen LogP contribution < -0.4 is 15.0 Å². The van der Waals surface area contributed by atoms with E-state index >= 15 is 0 Å². The van der Waals surface area contributed by atoms with Crippen molar-refractivity contribution in [2.75, 3.05) is 18.6 Å². The van der Waals surface area contributed by atoms with Crippen molar-refractivity contribution in [1.29, 1.82) is 0 Å². The van der Waals surface area contributed by atoms with E-state index in [0.29, 0.717) is 5.75 Å². The third-order valence-electron chi connectivity index (χ3n) is 7.63. The Labute approximate surface area is 233 Å². The highest BCUT2D eigenvalue weighted by Crippen LogP contribution is 2.45. The summed E-state index contributed by atoms with van der Waals surface area (Å²) in [4.78, 5) is 58.7. The van der Waals surface area contributed by atoms with Crippen LogP contribution in [0.5, 0.6) is 5.75 Å². The number of urea groups is 1. The van der Waals surface area contributed by atoms with Gasteiger partial charge in [0.25, 0.3) is 11.8 Å². The van der Waals surface area contributed by atoms with Crippen molar-refractivity contribution in [1.82, 2.24) is 15.2 Å². The molecule has 0 aliphatic carbocycles. The average molecular weight is 555 g/mol. The van der Waals surface area contributed by atoms with Crippen molar-refractivity contribution in [3.63, 3.8) is 0 Å². The predicted octanol–water partition coefficient (Wildman–Crippen LogP) is 2.83. The highest BCUT2D eigenvalue weighted by Gasteiger charge is 2.53. The first-order valence-corrected chi connectivity index (χ1v) is 13.0. The number of ether oxygens (including phenoxy) is 1. The van der Waals surface area contributed by atoms with Crippen molar-refractivity contribution in [3.8, 4) is 5.75 Å². The van der Waals surface area contributed by atoms with Gasteiger partial charge in [-0.3, -0.25) is 14.5 Å². The minimum Gasteiger partial charge on any atom is -0.497 e. The maximum atomic E-state index is 14.2. The summed E-state index contributed by atoms with van der Waals surface area (Å²) in [6, 6.07) is 17.4. The number of nitrogens with one attached hydrogen (secondary N) is 2. The molecule has 1 aromatic heterocycles. The molecule has 3 atom stereocenters. The Balaban J connectivity index is 1.46. The van der Waals surface area contributed by atoms with Crippen LogP contribution in [0.2, 0.25) is 0 Å². The normalized spacial score (nSPS) is 18.7. The second-order valence-corrected chi connectivity index (χ2v) is 9.89. The number of rotatable bonds is 7. The van der Waals surface area contributed by atoms with E-state index in [1.807, 2.05) is 42.5 Å². The number of H-pyrrole nitrogens is 1. The minimum atomic E-state index is -1.55. The fraction of sp³-hybridized carbons (Fsp3) is 0.200. The number of carbonyl (C=O) groups is 4. The number of imide groups is 1. The number of aromatic nitrogens is 1. The molecule has 4 N–H and O–H groups in total. The molecule has 0 bridgehead atoms. The summed E-state index contributed by atoms with van der Waals surface area (Å²) in [6.45, 7) is -0.825. The van der Waals surface area contributed by atoms with E-state index in [4.69, 9.17) is 4.74 Å². The summed E-state index contributed by atoms with van der Waals surface area (Å²) in [5.41, 5.74) is 3.29. The summed E-state index contributed by atoms with van der Waals surface area (Å²) < 4.78 is 5.45. The molecule has 1 saturated heterocycles. The Morgan fingerprint density at radius 2 is 1.83 bits per heavy atom. The van der Waals surface area contributed by atoms with Gasteiger partial charge in [0.1, 0.15) is 17.8 Å². The number of hydrogen-bond acceptors (Lipinski definition) is 6. The molecule has 6 rings (SSSR count). The van der Waals surface area contributed by atoms with Crippen LogP contribution in [0.1, 0.15) is 33.2 Å². The lowest BCUT2D eigenvalue weighted by atomic mass is 9.89. The molecular formula is C30H26N4O7. The number of carbonyl (C=O) groups excluding carboxylic acids is 3. The number of aromatic amines is 1. The molecule has 1 fully saturated rings. The van der Waals surface area contributed by atoms with E-state index in [2.05, 4.69) is 10.3 Å². The van der Waals surface area contributed by atoms with Gasteiger partial charge in [-0.1, -0.05) is 42.5 Å². The summed E-state index contributed by atoms with van der Waals surface area (Å²) in [7, 11) is 1.55. The topological polar surface area (TPSA) is 152 Å². The highest BCUT2D eigenvalue weighted by atomic mass is 16.5. The average Bonchev–Trinajstić information content (AvgIpc) is 3.48. The van der Waals surface area contributed by atoms with Gasteiger partial charge in [-0.25, -0.2) is 14.5 Å². The van der Waals surface area contributed by atoms with Crippen molar-refractivity contribution in [3.05, 3.63) is 95.2 Å². The predicted molar refractivity (Wildman–Crippen MR) is 148 cm³/mol. The molecule has 3 aromatic carbocycles. The highest BCUT2D eigenvalue weighted by molar-refractivity contribution is 6.24. The maximum Gasteiger partial charge on any atom is 0.332 e. The zero-order valence-electron chi connectivity index (χ0n) is 21.9. The maximum absolute atomic E-state index is 14.2. The number of carboxylic acids is 1. The molecule has 0 spiro atoms. The number of amides is 4. The number of anilines is 1.